The van der Waals surface area contributed by atoms with Gasteiger partial charge in [0, 0.05) is 19.7 Å². The zero-order valence-electron chi connectivity index (χ0n) is 12.6. The third-order valence-corrected chi connectivity index (χ3v) is 4.53. The largest absolute Gasteiger partial charge is 0.396 e. The normalized spacial score (nSPS) is 23.0. The highest BCUT2D eigenvalue weighted by Gasteiger charge is 2.24. The number of nitrogen functional groups attached to an aromatic ring is 1. The van der Waals surface area contributed by atoms with Gasteiger partial charge in [-0.3, -0.25) is 0 Å². The molecule has 0 aliphatic carbocycles. The summed E-state index contributed by atoms with van der Waals surface area (Å²) in [6.07, 6.45) is 7.38. The number of rotatable bonds is 3. The molecular weight excluding hydrogens is 264 g/mol. The molecule has 5 nitrogen and oxygen atoms in total. The van der Waals surface area contributed by atoms with Crippen LogP contribution in [0.15, 0.2) is 6.07 Å². The quantitative estimate of drug-likeness (QED) is 0.928. The molecule has 2 aliphatic rings. The fraction of sp³-hybridized carbons (Fsp3) is 0.688. The van der Waals surface area contributed by atoms with Crippen molar-refractivity contribution in [3.63, 3.8) is 0 Å². The number of ether oxygens (including phenoxy) is 1. The van der Waals surface area contributed by atoms with Crippen LogP contribution < -0.4 is 10.6 Å². The van der Waals surface area contributed by atoms with E-state index >= 15 is 0 Å². The second-order valence-corrected chi connectivity index (χ2v) is 6.07. The van der Waals surface area contributed by atoms with E-state index in [0.29, 0.717) is 5.69 Å². The van der Waals surface area contributed by atoms with Gasteiger partial charge in [0.2, 0.25) is 0 Å². The van der Waals surface area contributed by atoms with Crippen molar-refractivity contribution >= 4 is 11.5 Å². The predicted octanol–water partition coefficient (Wildman–Crippen LogP) is 2.50. The van der Waals surface area contributed by atoms with Gasteiger partial charge < -0.3 is 19.9 Å². The Balaban J connectivity index is 1.89. The molecule has 0 spiro atoms. The summed E-state index contributed by atoms with van der Waals surface area (Å²) in [5, 5.41) is 9.40. The van der Waals surface area contributed by atoms with Crippen LogP contribution in [0, 0.1) is 11.3 Å². The molecule has 3 rings (SSSR count). The average molecular weight is 288 g/mol. The smallest absolute Gasteiger partial charge is 0.133 e. The number of hydrogen-bond donors (Lipinski definition) is 1. The molecular formula is C16H24N4O. The van der Waals surface area contributed by atoms with Gasteiger partial charge in [-0.2, -0.15) is 5.26 Å². The zero-order chi connectivity index (χ0) is 14.7. The van der Waals surface area contributed by atoms with Crippen LogP contribution >= 0.6 is 0 Å². The predicted molar refractivity (Wildman–Crippen MR) is 83.2 cm³/mol. The van der Waals surface area contributed by atoms with Crippen LogP contribution in [0.25, 0.3) is 0 Å². The molecule has 0 bridgehead atoms. The number of nitriles is 1. The molecule has 3 heterocycles. The van der Waals surface area contributed by atoms with Gasteiger partial charge in [-0.05, 0) is 31.7 Å². The minimum atomic E-state index is 0.217. The van der Waals surface area contributed by atoms with Crippen molar-refractivity contribution in [3.8, 4) is 6.07 Å². The van der Waals surface area contributed by atoms with E-state index < -0.39 is 0 Å². The minimum absolute atomic E-state index is 0.217. The Kier molecular flexibility index (Phi) is 4.35. The molecule has 0 unspecified atom stereocenters. The van der Waals surface area contributed by atoms with Gasteiger partial charge in [0.15, 0.2) is 0 Å². The Labute approximate surface area is 126 Å². The Morgan fingerprint density at radius 2 is 2.00 bits per heavy atom. The summed E-state index contributed by atoms with van der Waals surface area (Å²) in [7, 11) is 0. The second kappa shape index (κ2) is 6.40. The lowest BCUT2D eigenvalue weighted by atomic mass is 10.2. The van der Waals surface area contributed by atoms with Crippen LogP contribution in [0.4, 0.5) is 11.5 Å². The van der Waals surface area contributed by atoms with E-state index in [2.05, 4.69) is 15.5 Å². The fourth-order valence-corrected chi connectivity index (χ4v) is 3.46. The first-order valence-corrected chi connectivity index (χ1v) is 8.05. The highest BCUT2D eigenvalue weighted by molar-refractivity contribution is 5.68. The fourth-order valence-electron chi connectivity index (χ4n) is 3.46. The Hall–Kier alpha value is -1.67. The van der Waals surface area contributed by atoms with Gasteiger partial charge in [0.25, 0.3) is 0 Å². The average Bonchev–Trinajstić information content (AvgIpc) is 3.00. The van der Waals surface area contributed by atoms with Crippen molar-refractivity contribution < 1.29 is 4.74 Å². The summed E-state index contributed by atoms with van der Waals surface area (Å²) in [5.41, 5.74) is 7.60. The number of hydrogen-bond acceptors (Lipinski definition) is 4. The summed E-state index contributed by atoms with van der Waals surface area (Å²) in [4.78, 5) is 2.36. The van der Waals surface area contributed by atoms with Crippen molar-refractivity contribution in [1.29, 1.82) is 5.26 Å². The van der Waals surface area contributed by atoms with E-state index in [1.807, 2.05) is 6.07 Å². The molecule has 2 saturated heterocycles. The van der Waals surface area contributed by atoms with E-state index in [-0.39, 0.29) is 6.10 Å². The van der Waals surface area contributed by atoms with Gasteiger partial charge in [0.05, 0.1) is 18.3 Å². The number of nitrogens with two attached hydrogens (primary N) is 1. The molecule has 21 heavy (non-hydrogen) atoms. The Morgan fingerprint density at radius 1 is 1.24 bits per heavy atom. The molecule has 2 fully saturated rings. The van der Waals surface area contributed by atoms with Crippen molar-refractivity contribution in [1.82, 2.24) is 4.57 Å². The molecule has 114 valence electrons. The monoisotopic (exact) mass is 288 g/mol. The first-order valence-electron chi connectivity index (χ1n) is 8.05. The SMILES string of the molecule is N#Cc1cc(N)c(N2CCCCCC2)n1C[C@@H]1CCCO1. The van der Waals surface area contributed by atoms with Crippen molar-refractivity contribution in [2.24, 2.45) is 0 Å². The lowest BCUT2D eigenvalue weighted by Crippen LogP contribution is -2.29. The van der Waals surface area contributed by atoms with Crippen LogP contribution in [-0.4, -0.2) is 30.4 Å². The summed E-state index contributed by atoms with van der Waals surface area (Å²) < 4.78 is 7.82. The van der Waals surface area contributed by atoms with Crippen LogP contribution in [0.2, 0.25) is 0 Å². The van der Waals surface area contributed by atoms with Crippen molar-refractivity contribution in [3.05, 3.63) is 11.8 Å². The summed E-state index contributed by atoms with van der Waals surface area (Å²) in [6.45, 7) is 3.64. The minimum Gasteiger partial charge on any atom is -0.396 e. The van der Waals surface area contributed by atoms with Crippen LogP contribution in [-0.2, 0) is 11.3 Å². The maximum atomic E-state index is 9.40. The Morgan fingerprint density at radius 3 is 2.62 bits per heavy atom. The molecule has 0 saturated carbocycles. The molecule has 1 aromatic heterocycles. The summed E-state index contributed by atoms with van der Waals surface area (Å²) in [5.74, 6) is 1.03. The summed E-state index contributed by atoms with van der Waals surface area (Å²) >= 11 is 0. The maximum absolute atomic E-state index is 9.40. The van der Waals surface area contributed by atoms with Crippen LogP contribution in [0.1, 0.15) is 44.2 Å². The molecule has 0 aromatic carbocycles. The van der Waals surface area contributed by atoms with E-state index in [0.717, 1.165) is 50.6 Å². The molecule has 1 atom stereocenters. The van der Waals surface area contributed by atoms with E-state index in [4.69, 9.17) is 10.5 Å². The highest BCUT2D eigenvalue weighted by atomic mass is 16.5. The molecule has 1 aromatic rings. The van der Waals surface area contributed by atoms with Crippen LogP contribution in [0.3, 0.4) is 0 Å². The number of nitrogens with zero attached hydrogens (tertiary/aromatic N) is 3. The first kappa shape index (κ1) is 14.3. The standard InChI is InChI=1S/C16H24N4O/c17-11-13-10-15(18)16(19-7-3-1-2-4-8-19)20(13)12-14-6-5-9-21-14/h10,14H,1-9,12,18H2/t14-/m0/s1. The molecule has 5 heteroatoms. The lowest BCUT2D eigenvalue weighted by molar-refractivity contribution is 0.0972. The van der Waals surface area contributed by atoms with Gasteiger partial charge in [-0.25, -0.2) is 0 Å². The third kappa shape index (κ3) is 3.01. The molecule has 0 radical (unpaired) electrons. The summed E-state index contributed by atoms with van der Waals surface area (Å²) in [6, 6.07) is 4.10. The molecule has 2 N–H and O–H groups in total. The Bertz CT molecular complexity index is 517. The lowest BCUT2D eigenvalue weighted by Gasteiger charge is -2.26. The van der Waals surface area contributed by atoms with E-state index in [1.165, 1.54) is 25.7 Å². The van der Waals surface area contributed by atoms with E-state index in [9.17, 15) is 5.26 Å². The number of anilines is 2. The maximum Gasteiger partial charge on any atom is 0.133 e. The van der Waals surface area contributed by atoms with Gasteiger partial charge in [-0.15, -0.1) is 0 Å². The van der Waals surface area contributed by atoms with Crippen LogP contribution in [0.5, 0.6) is 0 Å². The third-order valence-electron chi connectivity index (χ3n) is 4.53. The highest BCUT2D eigenvalue weighted by Crippen LogP contribution is 2.31. The topological polar surface area (TPSA) is 67.2 Å². The number of aromatic nitrogens is 1. The molecule has 0 amide bonds. The van der Waals surface area contributed by atoms with Gasteiger partial charge in [-0.1, -0.05) is 12.8 Å². The van der Waals surface area contributed by atoms with E-state index in [1.54, 1.807) is 0 Å². The van der Waals surface area contributed by atoms with Crippen molar-refractivity contribution in [2.45, 2.75) is 51.2 Å². The van der Waals surface area contributed by atoms with Gasteiger partial charge in [0.1, 0.15) is 17.6 Å². The zero-order valence-corrected chi connectivity index (χ0v) is 12.6. The van der Waals surface area contributed by atoms with Gasteiger partial charge >= 0.3 is 0 Å². The first-order chi connectivity index (χ1) is 10.3. The molecule has 2 aliphatic heterocycles. The van der Waals surface area contributed by atoms with Crippen molar-refractivity contribution in [2.75, 3.05) is 30.3 Å². The second-order valence-electron chi connectivity index (χ2n) is 6.07.